The summed E-state index contributed by atoms with van der Waals surface area (Å²) in [6, 6.07) is 24.9. The number of nitrogens with one attached hydrogen (secondary N) is 3. The van der Waals surface area contributed by atoms with Crippen LogP contribution in [0.25, 0.3) is 17.1 Å². The average molecular weight is 1570 g/mol. The van der Waals surface area contributed by atoms with Crippen LogP contribution in [-0.2, 0) is 112 Å². The van der Waals surface area contributed by atoms with Crippen LogP contribution in [0.3, 0.4) is 0 Å². The Morgan fingerprint density at radius 1 is 0.302 bits per heavy atom. The van der Waals surface area contributed by atoms with Crippen molar-refractivity contribution < 1.29 is 159 Å². The van der Waals surface area contributed by atoms with E-state index in [2.05, 4.69) is 46.0 Å². The van der Waals surface area contributed by atoms with Gasteiger partial charge in [0.2, 0.25) is 0 Å². The number of nitrogens with zero attached hydrogens (tertiary/aromatic N) is 9. The van der Waals surface area contributed by atoms with Crippen LogP contribution in [0.1, 0.15) is 31.5 Å². The standard InChI is InChI=1S/3C16H12N4O9S2.3Fe/c3*21-15-13(18-17-9-1-5-11(6-2-9)30(24,25)26)14(16(22)23)19-20(15)10-3-7-12(8-4-10)31(27,28)29;;;/h3*1-8,19H,(H,22,23)(H,24,25,26)(H,27,28,29);;;/q;;;;2*+3/p-6. The van der Waals surface area contributed by atoms with Crippen molar-refractivity contribution in [3.8, 4) is 17.1 Å². The van der Waals surface area contributed by atoms with E-state index in [9.17, 15) is 122 Å². The van der Waals surface area contributed by atoms with Crippen molar-refractivity contribution in [1.29, 1.82) is 0 Å². The van der Waals surface area contributed by atoms with Crippen molar-refractivity contribution >= 4 is 113 Å². The van der Waals surface area contributed by atoms with E-state index in [-0.39, 0.29) is 85.3 Å². The van der Waals surface area contributed by atoms with Crippen LogP contribution in [0.4, 0.5) is 34.1 Å². The van der Waals surface area contributed by atoms with Gasteiger partial charge < -0.3 is 42.6 Å². The Morgan fingerprint density at radius 2 is 0.458 bits per heavy atom. The second-order valence-corrected chi connectivity index (χ2v) is 25.9. The van der Waals surface area contributed by atoms with Gasteiger partial charge in [0.05, 0.1) is 63.5 Å². The van der Waals surface area contributed by atoms with Crippen molar-refractivity contribution in [3.05, 3.63) is 194 Å². The molecule has 0 bridgehead atoms. The van der Waals surface area contributed by atoms with E-state index in [1.165, 1.54) is 0 Å². The van der Waals surface area contributed by atoms with Crippen molar-refractivity contribution in [3.63, 3.8) is 0 Å². The molecular formula is C48H30Fe3N12O27S6. The molecule has 0 amide bonds. The second kappa shape index (κ2) is 31.0. The molecule has 0 unspecified atom stereocenters. The smallest absolute Gasteiger partial charge is 0.744 e. The molecule has 504 valence electrons. The van der Waals surface area contributed by atoms with Crippen molar-refractivity contribution in [2.45, 2.75) is 29.4 Å². The minimum absolute atomic E-state index is 0. The third-order valence-electron chi connectivity index (χ3n) is 11.6. The average Bonchev–Trinajstić information content (AvgIpc) is 1.67. The van der Waals surface area contributed by atoms with Gasteiger partial charge >= 0.3 is 52.0 Å². The van der Waals surface area contributed by atoms with Gasteiger partial charge in [-0.2, -0.15) is 15.3 Å². The first-order chi connectivity index (χ1) is 43.1. The summed E-state index contributed by atoms with van der Waals surface area (Å²) in [7, 11) is -28.1. The Kier molecular flexibility index (Phi) is 25.5. The third-order valence-corrected chi connectivity index (χ3v) is 16.7. The van der Waals surface area contributed by atoms with Gasteiger partial charge in [0.25, 0.3) is 16.7 Å². The predicted molar refractivity (Wildman–Crippen MR) is 300 cm³/mol. The quantitative estimate of drug-likeness (QED) is 0.0408. The maximum atomic E-state index is 12.6. The van der Waals surface area contributed by atoms with Gasteiger partial charge in [0.15, 0.2) is 34.1 Å². The topological polar surface area (TPSA) is 643 Å². The molecule has 0 aliphatic rings. The van der Waals surface area contributed by atoms with Crippen LogP contribution in [-0.4, -0.2) is 140 Å². The molecular weight excluding hydrogens is 1540 g/mol. The van der Waals surface area contributed by atoms with Crippen LogP contribution in [0.15, 0.2) is 220 Å². The summed E-state index contributed by atoms with van der Waals surface area (Å²) in [4.78, 5) is 69.0. The van der Waals surface area contributed by atoms with Crippen molar-refractivity contribution in [2.24, 2.45) is 30.7 Å². The summed E-state index contributed by atoms with van der Waals surface area (Å²) in [5.41, 5.74) is -6.40. The minimum atomic E-state index is -4.71. The van der Waals surface area contributed by atoms with Gasteiger partial charge in [0.1, 0.15) is 60.7 Å². The molecule has 0 fully saturated rings. The van der Waals surface area contributed by atoms with Gasteiger partial charge in [-0.3, -0.25) is 29.7 Å². The van der Waals surface area contributed by atoms with Gasteiger partial charge in [0, 0.05) is 17.1 Å². The zero-order valence-corrected chi connectivity index (χ0v) is 54.2. The molecule has 0 saturated carbocycles. The number of aromatic carboxylic acids is 3. The summed E-state index contributed by atoms with van der Waals surface area (Å²) in [5, 5.41) is 56.6. The number of rotatable bonds is 18. The zero-order valence-electron chi connectivity index (χ0n) is 46.0. The fourth-order valence-corrected chi connectivity index (χ4v) is 10.0. The fourth-order valence-electron chi connectivity index (χ4n) is 7.20. The van der Waals surface area contributed by atoms with Crippen molar-refractivity contribution in [1.82, 2.24) is 29.3 Å². The van der Waals surface area contributed by atoms with E-state index in [0.717, 1.165) is 160 Å². The number of carboxylic acids is 3. The Balaban J connectivity index is 0.000000302. The molecule has 9 aromatic rings. The van der Waals surface area contributed by atoms with Gasteiger partial charge in [-0.15, -0.1) is 15.3 Å². The summed E-state index contributed by atoms with van der Waals surface area (Å²) in [5.74, 6) is -4.64. The van der Waals surface area contributed by atoms with E-state index in [0.29, 0.717) is 0 Å². The van der Waals surface area contributed by atoms with Gasteiger partial charge in [-0.25, -0.2) is 78.9 Å². The van der Waals surface area contributed by atoms with E-state index in [1.54, 1.807) is 0 Å². The number of hydrogen-bond donors (Lipinski definition) is 6. The number of H-pyrrole nitrogens is 3. The molecule has 39 nitrogen and oxygen atoms in total. The Bertz CT molecular complexity index is 4910. The molecule has 0 aliphatic heterocycles. The summed E-state index contributed by atoms with van der Waals surface area (Å²) < 4.78 is 200. The summed E-state index contributed by atoms with van der Waals surface area (Å²) in [6.45, 7) is 0. The molecule has 48 heteroatoms. The summed E-state index contributed by atoms with van der Waals surface area (Å²) >= 11 is 0. The van der Waals surface area contributed by atoms with E-state index in [1.807, 2.05) is 0 Å². The molecule has 0 spiro atoms. The number of aromatic nitrogens is 6. The Hall–Kier alpha value is -9.42. The minimum Gasteiger partial charge on any atom is -0.744 e. The SMILES string of the molecule is O=C(O)c1[nH]n(-c2ccc(S(=O)(=O)[O-])cc2)c(=O)c1N=Nc1ccc(S(=O)(=O)[O-])cc1.O=C(O)c1[nH]n(-c2ccc(S(=O)(=O)[O-])cc2)c(=O)c1N=Nc1ccc(S(=O)(=O)[O-])cc1.O=C(O)c1[nH]n(-c2ccc(S(=O)(=O)[O-])cc2)c(=O)c1N=Nc1ccc(S(=O)(=O)[O-])cc1.[Fe+3].[Fe+3].[Fe]. The number of benzene rings is 6. The normalized spacial score (nSPS) is 11.9. The van der Waals surface area contributed by atoms with Crippen LogP contribution in [0, 0.1) is 0 Å². The van der Waals surface area contributed by atoms with E-state index < -0.39 is 159 Å². The first-order valence-corrected chi connectivity index (χ1v) is 32.5. The number of hydrogen-bond acceptors (Lipinski definition) is 30. The number of aromatic amines is 3. The summed E-state index contributed by atoms with van der Waals surface area (Å²) in [6.07, 6.45) is 0. The molecule has 2 radical (unpaired) electrons. The maximum absolute atomic E-state index is 12.6. The molecule has 96 heavy (non-hydrogen) atoms. The molecule has 6 aromatic carbocycles. The van der Waals surface area contributed by atoms with Crippen molar-refractivity contribution in [2.75, 3.05) is 0 Å². The number of azo groups is 3. The monoisotopic (exact) mass is 1570 g/mol. The molecule has 0 saturated heterocycles. The molecule has 3 aromatic heterocycles. The van der Waals surface area contributed by atoms with Crippen LogP contribution in [0.5, 0.6) is 0 Å². The molecule has 6 N–H and O–H groups in total. The first kappa shape index (κ1) is 79.0. The van der Waals surface area contributed by atoms with Crippen LogP contribution in [0.2, 0.25) is 0 Å². The van der Waals surface area contributed by atoms with Crippen LogP contribution < -0.4 is 16.7 Å². The second-order valence-electron chi connectivity index (χ2n) is 17.6. The Labute approximate surface area is 567 Å². The molecule has 9 rings (SSSR count). The van der Waals surface area contributed by atoms with E-state index >= 15 is 0 Å². The van der Waals surface area contributed by atoms with Gasteiger partial charge in [-0.05, 0) is 146 Å². The predicted octanol–water partition coefficient (Wildman–Crippen LogP) is 3.25. The first-order valence-electron chi connectivity index (χ1n) is 24.0. The van der Waals surface area contributed by atoms with E-state index in [4.69, 9.17) is 0 Å². The zero-order chi connectivity index (χ0) is 68.9. The fraction of sp³-hybridized carbons (Fsp3) is 0. The maximum Gasteiger partial charge on any atom is 3.00 e. The molecule has 0 atom stereocenters. The molecule has 0 aliphatic carbocycles. The number of carboxylic acid groups (broad SMARTS) is 3. The Morgan fingerprint density at radius 3 is 0.604 bits per heavy atom. The number of carbonyl (C=O) groups is 3. The largest absolute Gasteiger partial charge is 3.00 e. The van der Waals surface area contributed by atoms with Crippen LogP contribution >= 0.6 is 0 Å². The third kappa shape index (κ3) is 19.6. The molecule has 3 heterocycles. The van der Waals surface area contributed by atoms with Gasteiger partial charge in [-0.1, -0.05) is 0 Å².